The number of rotatable bonds is 2. The summed E-state index contributed by atoms with van der Waals surface area (Å²) in [5, 5.41) is 3.67. The van der Waals surface area contributed by atoms with E-state index in [1.807, 2.05) is 53.9 Å². The molecule has 2 aromatic carbocycles. The number of hydrogen-bond donors (Lipinski definition) is 0. The number of halogens is 1. The SMILES string of the molecule is Clc1ccc(-c2csc(C3COc4ccccc4O3)n2)cc1. The molecule has 0 fully saturated rings. The van der Waals surface area contributed by atoms with Crippen LogP contribution < -0.4 is 9.47 Å². The van der Waals surface area contributed by atoms with E-state index in [1.54, 1.807) is 11.3 Å². The summed E-state index contributed by atoms with van der Waals surface area (Å²) in [5.74, 6) is 1.55. The van der Waals surface area contributed by atoms with Gasteiger partial charge in [-0.05, 0) is 24.3 Å². The smallest absolute Gasteiger partial charge is 0.184 e. The van der Waals surface area contributed by atoms with Gasteiger partial charge in [0.2, 0.25) is 0 Å². The van der Waals surface area contributed by atoms with Crippen molar-refractivity contribution >= 4 is 22.9 Å². The summed E-state index contributed by atoms with van der Waals surface area (Å²) in [7, 11) is 0. The number of para-hydroxylation sites is 2. The summed E-state index contributed by atoms with van der Waals surface area (Å²) in [6, 6.07) is 15.4. The number of nitrogens with zero attached hydrogens (tertiary/aromatic N) is 1. The van der Waals surface area contributed by atoms with Crippen LogP contribution in [0.15, 0.2) is 53.9 Å². The van der Waals surface area contributed by atoms with Crippen LogP contribution in [-0.4, -0.2) is 11.6 Å². The highest BCUT2D eigenvalue weighted by atomic mass is 35.5. The molecule has 22 heavy (non-hydrogen) atoms. The molecule has 5 heteroatoms. The van der Waals surface area contributed by atoms with E-state index in [4.69, 9.17) is 21.1 Å². The maximum atomic E-state index is 5.99. The van der Waals surface area contributed by atoms with Crippen LogP contribution in [0.3, 0.4) is 0 Å². The van der Waals surface area contributed by atoms with Crippen LogP contribution in [0.1, 0.15) is 11.1 Å². The van der Waals surface area contributed by atoms with Gasteiger partial charge < -0.3 is 9.47 Å². The van der Waals surface area contributed by atoms with Gasteiger partial charge in [-0.15, -0.1) is 11.3 Å². The van der Waals surface area contributed by atoms with Crippen LogP contribution in [0.5, 0.6) is 11.5 Å². The summed E-state index contributed by atoms with van der Waals surface area (Å²) in [5.41, 5.74) is 1.98. The van der Waals surface area contributed by atoms with Crippen molar-refractivity contribution in [3.05, 3.63) is 63.9 Å². The first-order valence-electron chi connectivity index (χ1n) is 6.89. The minimum atomic E-state index is -0.166. The Morgan fingerprint density at radius 1 is 1.05 bits per heavy atom. The Hall–Kier alpha value is -2.04. The molecule has 0 saturated carbocycles. The van der Waals surface area contributed by atoms with E-state index in [0.29, 0.717) is 6.61 Å². The molecule has 0 spiro atoms. The van der Waals surface area contributed by atoms with Crippen molar-refractivity contribution in [3.63, 3.8) is 0 Å². The van der Waals surface area contributed by atoms with Crippen LogP contribution >= 0.6 is 22.9 Å². The minimum absolute atomic E-state index is 0.166. The molecule has 1 atom stereocenters. The van der Waals surface area contributed by atoms with Crippen molar-refractivity contribution in [3.8, 4) is 22.8 Å². The highest BCUT2D eigenvalue weighted by molar-refractivity contribution is 7.10. The maximum Gasteiger partial charge on any atom is 0.184 e. The molecule has 110 valence electrons. The Morgan fingerprint density at radius 2 is 1.82 bits per heavy atom. The number of ether oxygens (including phenoxy) is 2. The molecule has 1 aromatic heterocycles. The number of aromatic nitrogens is 1. The molecule has 1 aliphatic rings. The number of fused-ring (bicyclic) bond motifs is 1. The van der Waals surface area contributed by atoms with E-state index < -0.39 is 0 Å². The molecule has 3 aromatic rings. The van der Waals surface area contributed by atoms with Gasteiger partial charge in [0.05, 0.1) is 5.69 Å². The summed E-state index contributed by atoms with van der Waals surface area (Å²) in [4.78, 5) is 4.68. The van der Waals surface area contributed by atoms with E-state index in [1.165, 1.54) is 0 Å². The molecule has 0 bridgehead atoms. The first-order valence-corrected chi connectivity index (χ1v) is 8.15. The van der Waals surface area contributed by atoms with Crippen LogP contribution in [0.2, 0.25) is 5.02 Å². The monoisotopic (exact) mass is 329 g/mol. The zero-order valence-electron chi connectivity index (χ0n) is 11.5. The van der Waals surface area contributed by atoms with Crippen LogP contribution in [0.4, 0.5) is 0 Å². The Bertz CT molecular complexity index is 800. The second-order valence-corrected chi connectivity index (χ2v) is 6.27. The Morgan fingerprint density at radius 3 is 2.64 bits per heavy atom. The topological polar surface area (TPSA) is 31.4 Å². The average molecular weight is 330 g/mol. The van der Waals surface area contributed by atoms with E-state index in [2.05, 4.69) is 4.98 Å². The fourth-order valence-corrected chi connectivity index (χ4v) is 3.30. The van der Waals surface area contributed by atoms with Gasteiger partial charge in [-0.3, -0.25) is 0 Å². The zero-order valence-corrected chi connectivity index (χ0v) is 13.1. The normalized spacial score (nSPS) is 16.5. The van der Waals surface area contributed by atoms with Crippen LogP contribution in [0, 0.1) is 0 Å². The lowest BCUT2D eigenvalue weighted by Crippen LogP contribution is -2.21. The van der Waals surface area contributed by atoms with Gasteiger partial charge >= 0.3 is 0 Å². The van der Waals surface area contributed by atoms with Gasteiger partial charge in [-0.25, -0.2) is 4.98 Å². The summed E-state index contributed by atoms with van der Waals surface area (Å²) >= 11 is 7.50. The van der Waals surface area contributed by atoms with Crippen molar-refractivity contribution in [1.82, 2.24) is 4.98 Å². The van der Waals surface area contributed by atoms with Crippen LogP contribution in [-0.2, 0) is 0 Å². The third-order valence-corrected chi connectivity index (χ3v) is 4.63. The van der Waals surface area contributed by atoms with Crippen molar-refractivity contribution in [2.45, 2.75) is 6.10 Å². The summed E-state index contributed by atoms with van der Waals surface area (Å²) < 4.78 is 11.7. The predicted octanol–water partition coefficient (Wildman–Crippen LogP) is 4.98. The van der Waals surface area contributed by atoms with Crippen LogP contribution in [0.25, 0.3) is 11.3 Å². The molecule has 1 unspecified atom stereocenters. The second-order valence-electron chi connectivity index (χ2n) is 4.94. The molecule has 0 aliphatic carbocycles. The molecule has 0 N–H and O–H groups in total. The van der Waals surface area contributed by atoms with Gasteiger partial charge in [0.15, 0.2) is 17.6 Å². The lowest BCUT2D eigenvalue weighted by molar-refractivity contribution is 0.0911. The number of thiazole rings is 1. The third kappa shape index (κ3) is 2.56. The van der Waals surface area contributed by atoms with E-state index in [0.717, 1.165) is 32.8 Å². The second kappa shape index (κ2) is 5.63. The number of benzene rings is 2. The van der Waals surface area contributed by atoms with Gasteiger partial charge in [0.25, 0.3) is 0 Å². The molecular formula is C17H12ClNO2S. The maximum absolute atomic E-state index is 5.99. The van der Waals surface area contributed by atoms with Gasteiger partial charge in [0, 0.05) is 16.0 Å². The van der Waals surface area contributed by atoms with E-state index >= 15 is 0 Å². The van der Waals surface area contributed by atoms with Gasteiger partial charge in [-0.2, -0.15) is 0 Å². The molecule has 4 rings (SSSR count). The summed E-state index contributed by atoms with van der Waals surface area (Å²) in [6.45, 7) is 0.477. The van der Waals surface area contributed by atoms with Crippen molar-refractivity contribution in [2.24, 2.45) is 0 Å². The average Bonchev–Trinajstić information content (AvgIpc) is 3.05. The highest BCUT2D eigenvalue weighted by Gasteiger charge is 2.25. The van der Waals surface area contributed by atoms with E-state index in [-0.39, 0.29) is 6.10 Å². The highest BCUT2D eigenvalue weighted by Crippen LogP contribution is 2.37. The van der Waals surface area contributed by atoms with Crippen molar-refractivity contribution < 1.29 is 9.47 Å². The standard InChI is InChI=1S/C17H12ClNO2S/c18-12-7-5-11(6-8-12)13-10-22-17(19-13)16-9-20-14-3-1-2-4-15(14)21-16/h1-8,10,16H,9H2. The third-order valence-electron chi connectivity index (χ3n) is 3.45. The fraction of sp³-hybridized carbons (Fsp3) is 0.118. The summed E-state index contributed by atoms with van der Waals surface area (Å²) in [6.07, 6.45) is -0.166. The molecule has 1 aliphatic heterocycles. The molecule has 0 amide bonds. The van der Waals surface area contributed by atoms with Crippen molar-refractivity contribution in [2.75, 3.05) is 6.61 Å². The first-order chi connectivity index (χ1) is 10.8. The molecule has 2 heterocycles. The number of hydrogen-bond acceptors (Lipinski definition) is 4. The van der Waals surface area contributed by atoms with E-state index in [9.17, 15) is 0 Å². The van der Waals surface area contributed by atoms with Crippen molar-refractivity contribution in [1.29, 1.82) is 0 Å². The molecular weight excluding hydrogens is 318 g/mol. The Balaban J connectivity index is 1.59. The zero-order chi connectivity index (χ0) is 14.9. The molecule has 0 radical (unpaired) electrons. The fourth-order valence-electron chi connectivity index (χ4n) is 2.33. The Labute approximate surface area is 137 Å². The molecule has 3 nitrogen and oxygen atoms in total. The molecule has 0 saturated heterocycles. The van der Waals surface area contributed by atoms with Gasteiger partial charge in [0.1, 0.15) is 11.6 Å². The first kappa shape index (κ1) is 13.6. The minimum Gasteiger partial charge on any atom is -0.485 e. The Kier molecular flexibility index (Phi) is 3.48. The lowest BCUT2D eigenvalue weighted by atomic mass is 10.2. The van der Waals surface area contributed by atoms with Gasteiger partial charge in [-0.1, -0.05) is 35.9 Å². The largest absolute Gasteiger partial charge is 0.485 e. The quantitative estimate of drug-likeness (QED) is 0.664. The lowest BCUT2D eigenvalue weighted by Gasteiger charge is -2.24. The predicted molar refractivity (Wildman–Crippen MR) is 87.9 cm³/mol.